The average molecular weight is 528 g/mol. The molecule has 1 spiro atoms. The van der Waals surface area contributed by atoms with Gasteiger partial charge in [-0.3, -0.25) is 4.79 Å². The number of thiazole rings is 1. The highest BCUT2D eigenvalue weighted by Gasteiger charge is 2.49. The van der Waals surface area contributed by atoms with E-state index in [2.05, 4.69) is 22.5 Å². The zero-order valence-corrected chi connectivity index (χ0v) is 21.8. The third-order valence-corrected chi connectivity index (χ3v) is 8.92. The van der Waals surface area contributed by atoms with E-state index in [4.69, 9.17) is 4.98 Å². The van der Waals surface area contributed by atoms with Crippen molar-refractivity contribution in [1.82, 2.24) is 14.9 Å². The Hall–Kier alpha value is -4.03. The number of hydrogen-bond donors (Lipinski definition) is 1. The molecule has 2 aliphatic heterocycles. The summed E-state index contributed by atoms with van der Waals surface area (Å²) >= 11 is 1.59. The van der Waals surface area contributed by atoms with Gasteiger partial charge in [0.25, 0.3) is 0 Å². The highest BCUT2D eigenvalue weighted by molar-refractivity contribution is 7.11. The van der Waals surface area contributed by atoms with Gasteiger partial charge in [-0.1, -0.05) is 6.58 Å². The summed E-state index contributed by atoms with van der Waals surface area (Å²) in [5, 5.41) is 20.6. The van der Waals surface area contributed by atoms with Crippen LogP contribution in [0.1, 0.15) is 40.2 Å². The van der Waals surface area contributed by atoms with Crippen molar-refractivity contribution in [1.29, 1.82) is 5.26 Å². The van der Waals surface area contributed by atoms with Crippen LogP contribution in [0.3, 0.4) is 0 Å². The number of aromatic nitrogens is 2. The van der Waals surface area contributed by atoms with E-state index in [-0.39, 0.29) is 22.6 Å². The van der Waals surface area contributed by atoms with Gasteiger partial charge in [0.2, 0.25) is 5.91 Å². The molecular weight excluding hydrogens is 501 g/mol. The third-order valence-electron chi connectivity index (χ3n) is 7.91. The predicted octanol–water partition coefficient (Wildman–Crippen LogP) is 4.94. The number of carbonyl (C=O) groups excluding carboxylic acids is 1. The van der Waals surface area contributed by atoms with Gasteiger partial charge in [-0.05, 0) is 67.7 Å². The molecule has 1 aliphatic carbocycles. The fourth-order valence-corrected chi connectivity index (χ4v) is 6.90. The maximum atomic E-state index is 15.2. The fourth-order valence-electron chi connectivity index (χ4n) is 6.05. The number of phenolic OH excluding ortho intramolecular Hbond substituents is 1. The summed E-state index contributed by atoms with van der Waals surface area (Å²) in [5.74, 6) is -0.113. The van der Waals surface area contributed by atoms with Crippen LogP contribution in [-0.4, -0.2) is 52.1 Å². The van der Waals surface area contributed by atoms with E-state index < -0.39 is 5.82 Å². The van der Waals surface area contributed by atoms with Crippen molar-refractivity contribution in [2.24, 2.45) is 5.41 Å². The maximum absolute atomic E-state index is 15.2. The summed E-state index contributed by atoms with van der Waals surface area (Å²) in [7, 11) is 0. The second kappa shape index (κ2) is 9.07. The third kappa shape index (κ3) is 3.87. The molecule has 0 bridgehead atoms. The fraction of sp³-hybridized carbons (Fsp3) is 0.310. The Morgan fingerprint density at radius 3 is 2.84 bits per heavy atom. The van der Waals surface area contributed by atoms with Crippen molar-refractivity contribution in [2.45, 2.75) is 26.2 Å². The van der Waals surface area contributed by atoms with Crippen molar-refractivity contribution in [3.8, 4) is 22.9 Å². The average Bonchev–Trinajstić information content (AvgIpc) is 3.54. The summed E-state index contributed by atoms with van der Waals surface area (Å²) in [5.41, 5.74) is 6.39. The number of amides is 1. The molecule has 0 saturated carbocycles. The van der Waals surface area contributed by atoms with E-state index in [9.17, 15) is 15.2 Å². The lowest BCUT2D eigenvalue weighted by Crippen LogP contribution is -2.59. The Morgan fingerprint density at radius 2 is 2.13 bits per heavy atom. The number of allylic oxidation sites excluding steroid dienone is 1. The predicted molar refractivity (Wildman–Crippen MR) is 145 cm³/mol. The normalized spacial score (nSPS) is 17.6. The molecule has 192 valence electrons. The Balaban J connectivity index is 1.48. The van der Waals surface area contributed by atoms with E-state index >= 15 is 4.39 Å². The van der Waals surface area contributed by atoms with E-state index in [1.165, 1.54) is 24.3 Å². The standard InChI is InChI=1S/C29H26FN5O2S/c1-3-25(37)35-14-29(15-35)8-9-34(13-29)28-22(12-31)26(21-11-19(36)5-7-23(21)30)20-6-4-18(10-24(20)33-28)27-17(2)32-16-38-27/h3,5,7,10-11,16,36H,1,4,6,8-9,13-15H2,2H3. The van der Waals surface area contributed by atoms with Gasteiger partial charge in [-0.25, -0.2) is 14.4 Å². The van der Waals surface area contributed by atoms with Gasteiger partial charge < -0.3 is 14.9 Å². The largest absolute Gasteiger partial charge is 0.508 e. The zero-order valence-electron chi connectivity index (χ0n) is 21.0. The monoisotopic (exact) mass is 527 g/mol. The van der Waals surface area contributed by atoms with E-state index in [0.717, 1.165) is 34.5 Å². The molecule has 7 nitrogen and oxygen atoms in total. The number of hydrogen-bond acceptors (Lipinski definition) is 7. The number of pyridine rings is 1. The van der Waals surface area contributed by atoms with Crippen LogP contribution in [0.2, 0.25) is 0 Å². The molecule has 0 radical (unpaired) electrons. The number of carbonyl (C=O) groups is 1. The van der Waals surface area contributed by atoms with Crippen LogP contribution in [0.5, 0.6) is 5.75 Å². The van der Waals surface area contributed by atoms with Crippen LogP contribution in [-0.2, 0) is 11.2 Å². The first kappa shape index (κ1) is 24.3. The molecule has 9 heteroatoms. The van der Waals surface area contributed by atoms with E-state index in [0.29, 0.717) is 55.2 Å². The lowest BCUT2D eigenvalue weighted by atomic mass is 9.79. The summed E-state index contributed by atoms with van der Waals surface area (Å²) in [6, 6.07) is 6.25. The number of benzene rings is 1. The molecule has 2 aromatic heterocycles. The van der Waals surface area contributed by atoms with Gasteiger partial charge in [0.1, 0.15) is 29.0 Å². The van der Waals surface area contributed by atoms with Gasteiger partial charge in [0, 0.05) is 42.7 Å². The molecule has 38 heavy (non-hydrogen) atoms. The number of phenols is 1. The Bertz CT molecular complexity index is 1560. The van der Waals surface area contributed by atoms with Crippen molar-refractivity contribution >= 4 is 34.7 Å². The van der Waals surface area contributed by atoms with Crippen LogP contribution in [0.4, 0.5) is 10.2 Å². The number of nitriles is 1. The summed E-state index contributed by atoms with van der Waals surface area (Å²) in [6.45, 7) is 8.19. The topological polar surface area (TPSA) is 93.4 Å². The maximum Gasteiger partial charge on any atom is 0.245 e. The molecule has 4 heterocycles. The van der Waals surface area contributed by atoms with Gasteiger partial charge in [0.05, 0.1) is 21.8 Å². The minimum atomic E-state index is -0.498. The van der Waals surface area contributed by atoms with Crippen molar-refractivity contribution in [2.75, 3.05) is 31.1 Å². The van der Waals surface area contributed by atoms with Gasteiger partial charge in [-0.15, -0.1) is 11.3 Å². The summed E-state index contributed by atoms with van der Waals surface area (Å²) in [6.07, 6.45) is 5.55. The Morgan fingerprint density at radius 1 is 1.32 bits per heavy atom. The molecule has 0 unspecified atom stereocenters. The molecule has 1 amide bonds. The van der Waals surface area contributed by atoms with Crippen LogP contribution >= 0.6 is 11.3 Å². The molecule has 0 atom stereocenters. The number of halogens is 1. The highest BCUT2D eigenvalue weighted by atomic mass is 32.1. The van der Waals surface area contributed by atoms with Crippen LogP contribution < -0.4 is 4.90 Å². The number of nitrogens with zero attached hydrogens (tertiary/aromatic N) is 5. The Labute approximate surface area is 224 Å². The molecular formula is C29H26FN5O2S. The van der Waals surface area contributed by atoms with Crippen molar-refractivity contribution < 1.29 is 14.3 Å². The van der Waals surface area contributed by atoms with Crippen LogP contribution in [0.25, 0.3) is 22.8 Å². The minimum absolute atomic E-state index is 0.0554. The quantitative estimate of drug-likeness (QED) is 0.483. The lowest BCUT2D eigenvalue weighted by molar-refractivity contribution is -0.136. The molecule has 3 aliphatic rings. The first-order valence-electron chi connectivity index (χ1n) is 12.6. The van der Waals surface area contributed by atoms with Crippen LogP contribution in [0.15, 0.2) is 36.4 Å². The van der Waals surface area contributed by atoms with E-state index in [1.54, 1.807) is 16.2 Å². The molecule has 6 rings (SSSR count). The second-order valence-electron chi connectivity index (χ2n) is 10.3. The number of anilines is 1. The lowest BCUT2D eigenvalue weighted by Gasteiger charge is -2.47. The number of rotatable bonds is 4. The molecule has 2 fully saturated rings. The highest BCUT2D eigenvalue weighted by Crippen LogP contribution is 2.46. The number of fused-ring (bicyclic) bond motifs is 1. The number of likely N-dealkylation sites (tertiary alicyclic amines) is 1. The van der Waals surface area contributed by atoms with E-state index in [1.807, 2.05) is 18.5 Å². The van der Waals surface area contributed by atoms with Gasteiger partial charge in [0.15, 0.2) is 0 Å². The molecule has 2 saturated heterocycles. The number of aromatic hydroxyl groups is 1. The van der Waals surface area contributed by atoms with Crippen LogP contribution in [0, 0.1) is 29.5 Å². The molecule has 1 aromatic carbocycles. The molecule has 1 N–H and O–H groups in total. The Kier molecular flexibility index (Phi) is 5.80. The first-order chi connectivity index (χ1) is 18.3. The molecule has 3 aromatic rings. The summed E-state index contributed by atoms with van der Waals surface area (Å²) < 4.78 is 15.2. The van der Waals surface area contributed by atoms with Crippen molar-refractivity contribution in [3.63, 3.8) is 0 Å². The zero-order chi connectivity index (χ0) is 26.6. The first-order valence-corrected chi connectivity index (χ1v) is 13.4. The SMILES string of the molecule is C=CC(=O)N1CC2(CCN(c3nc4c(c(-c5cc(O)ccc5F)c3C#N)CCC(c3scnc3C)=C4)C2)C1. The van der Waals surface area contributed by atoms with Crippen molar-refractivity contribution in [3.05, 3.63) is 69.6 Å². The van der Waals surface area contributed by atoms with Gasteiger partial charge in [-0.2, -0.15) is 5.26 Å². The summed E-state index contributed by atoms with van der Waals surface area (Å²) in [4.78, 5) is 26.4. The van der Waals surface area contributed by atoms with Gasteiger partial charge >= 0.3 is 0 Å². The second-order valence-corrected chi connectivity index (χ2v) is 11.2. The smallest absolute Gasteiger partial charge is 0.245 e. The minimum Gasteiger partial charge on any atom is -0.508 e. The number of aryl methyl sites for hydroxylation is 1.